The van der Waals surface area contributed by atoms with Crippen molar-refractivity contribution in [2.45, 2.75) is 24.7 Å². The summed E-state index contributed by atoms with van der Waals surface area (Å²) in [5.41, 5.74) is 6.42. The summed E-state index contributed by atoms with van der Waals surface area (Å²) in [6.07, 6.45) is -2.64. The maximum absolute atomic E-state index is 13.8. The number of rotatable bonds is 3. The Morgan fingerprint density at radius 1 is 1.06 bits per heavy atom. The topological polar surface area (TPSA) is 171 Å². The lowest BCUT2D eigenvalue weighted by Crippen LogP contribution is -2.70. The van der Waals surface area contributed by atoms with Crippen molar-refractivity contribution in [2.24, 2.45) is 35.3 Å². The lowest BCUT2D eigenvalue weighted by Gasteiger charge is -2.53. The molecule has 1 aromatic rings. The lowest BCUT2D eigenvalue weighted by atomic mass is 9.53. The molecule has 0 bridgehead atoms. The number of primary amides is 1. The Labute approximate surface area is 207 Å². The SMILES string of the molecule is CN(C)[C@H]1C(O)C(C(N)=O)C(=O)[C@@H]2C(=O)C3C(=O)c4c(ccc(N5CCOCC5)c4O)C[C@@H]3[C@@H](O)[C@@H]21. The number of aliphatic hydroxyl groups excluding tert-OH is 2. The summed E-state index contributed by atoms with van der Waals surface area (Å²) in [6, 6.07) is 2.55. The number of carbonyl (C=O) groups is 4. The average molecular weight is 502 g/mol. The molecule has 8 atom stereocenters. The van der Waals surface area contributed by atoms with Crippen molar-refractivity contribution in [1.29, 1.82) is 0 Å². The van der Waals surface area contributed by atoms with Gasteiger partial charge in [0.25, 0.3) is 0 Å². The van der Waals surface area contributed by atoms with Gasteiger partial charge in [-0.3, -0.25) is 19.2 Å². The van der Waals surface area contributed by atoms with Crippen LogP contribution in [0.3, 0.4) is 0 Å². The van der Waals surface area contributed by atoms with Gasteiger partial charge in [0, 0.05) is 31.0 Å². The van der Waals surface area contributed by atoms with E-state index in [2.05, 4.69) is 0 Å². The van der Waals surface area contributed by atoms with Gasteiger partial charge in [-0.15, -0.1) is 0 Å². The lowest BCUT2D eigenvalue weighted by molar-refractivity contribution is -0.173. The average Bonchev–Trinajstić information content (AvgIpc) is 2.82. The predicted octanol–water partition coefficient (Wildman–Crippen LogP) is -1.65. The maximum Gasteiger partial charge on any atom is 0.230 e. The standard InChI is InChI=1S/C25H31N3O8/c1-27(2)18-15-16(23(33)17(24(18)34)25(26)35)22(32)14-11(19(15)29)9-10-3-4-12(20(30)13(10)21(14)31)28-5-7-36-8-6-28/h3-4,11,14-19,24,29-30,34H,5-9H2,1-2H3,(H2,26,35)/t11-,14?,15-,16-,17?,18+,19+,24?/m0/s1. The van der Waals surface area contributed by atoms with Gasteiger partial charge in [0.05, 0.1) is 48.5 Å². The monoisotopic (exact) mass is 501 g/mol. The van der Waals surface area contributed by atoms with E-state index in [1.54, 1.807) is 31.1 Å². The molecule has 0 spiro atoms. The molecular weight excluding hydrogens is 470 g/mol. The molecule has 3 unspecified atom stereocenters. The largest absolute Gasteiger partial charge is 0.505 e. The first kappa shape index (κ1) is 24.8. The van der Waals surface area contributed by atoms with Gasteiger partial charge in [-0.05, 0) is 32.1 Å². The number of morpholine rings is 1. The second kappa shape index (κ2) is 8.91. The molecule has 1 saturated heterocycles. The van der Waals surface area contributed by atoms with E-state index in [1.165, 1.54) is 0 Å². The number of carbonyl (C=O) groups excluding carboxylic acids is 4. The highest BCUT2D eigenvalue weighted by Gasteiger charge is 2.64. The number of benzene rings is 1. The number of anilines is 1. The van der Waals surface area contributed by atoms with E-state index < -0.39 is 71.1 Å². The Morgan fingerprint density at radius 2 is 1.72 bits per heavy atom. The van der Waals surface area contributed by atoms with E-state index in [0.717, 1.165) is 0 Å². The fraction of sp³-hybridized carbons (Fsp3) is 0.600. The predicted molar refractivity (Wildman–Crippen MR) is 125 cm³/mol. The first-order valence-electron chi connectivity index (χ1n) is 12.2. The van der Waals surface area contributed by atoms with E-state index >= 15 is 0 Å². The fourth-order valence-electron chi connectivity index (χ4n) is 6.85. The third-order valence-electron chi connectivity index (χ3n) is 8.44. The number of nitrogens with two attached hydrogens (primary N) is 1. The van der Waals surface area contributed by atoms with Gasteiger partial charge in [0.1, 0.15) is 11.7 Å². The summed E-state index contributed by atoms with van der Waals surface area (Å²) in [6.45, 7) is 2.02. The third-order valence-corrected chi connectivity index (χ3v) is 8.44. The van der Waals surface area contributed by atoms with E-state index in [9.17, 15) is 34.5 Å². The Morgan fingerprint density at radius 3 is 2.33 bits per heavy atom. The summed E-state index contributed by atoms with van der Waals surface area (Å²) >= 11 is 0. The van der Waals surface area contributed by atoms with Crippen LogP contribution in [0.2, 0.25) is 0 Å². The number of aliphatic hydroxyl groups is 2. The molecule has 0 aromatic heterocycles. The smallest absolute Gasteiger partial charge is 0.230 e. The maximum atomic E-state index is 13.8. The fourth-order valence-corrected chi connectivity index (χ4v) is 6.85. The van der Waals surface area contributed by atoms with Gasteiger partial charge in [-0.25, -0.2) is 0 Å². The number of likely N-dealkylation sites (N-methyl/N-ethyl adjacent to an activating group) is 1. The highest BCUT2D eigenvalue weighted by molar-refractivity contribution is 6.21. The van der Waals surface area contributed by atoms with Crippen molar-refractivity contribution in [1.82, 2.24) is 4.90 Å². The van der Waals surface area contributed by atoms with Crippen LogP contribution in [0.5, 0.6) is 5.75 Å². The van der Waals surface area contributed by atoms with Crippen LogP contribution in [0.1, 0.15) is 15.9 Å². The Hall–Kier alpha value is -2.86. The molecule has 194 valence electrons. The molecule has 1 amide bonds. The quantitative estimate of drug-likeness (QED) is 0.352. The normalized spacial score (nSPS) is 36.4. The zero-order chi connectivity index (χ0) is 26.0. The van der Waals surface area contributed by atoms with Gasteiger partial charge < -0.3 is 35.6 Å². The molecule has 5 N–H and O–H groups in total. The number of fused-ring (bicyclic) bond motifs is 3. The number of phenols is 1. The van der Waals surface area contributed by atoms with Gasteiger partial charge in [0.15, 0.2) is 17.3 Å². The van der Waals surface area contributed by atoms with E-state index in [1.807, 2.05) is 4.90 Å². The Bertz CT molecular complexity index is 1130. The molecule has 2 saturated carbocycles. The van der Waals surface area contributed by atoms with E-state index in [-0.39, 0.29) is 17.7 Å². The van der Waals surface area contributed by atoms with Gasteiger partial charge in [-0.2, -0.15) is 0 Å². The van der Waals surface area contributed by atoms with Gasteiger partial charge in [-0.1, -0.05) is 6.07 Å². The summed E-state index contributed by atoms with van der Waals surface area (Å²) in [5, 5.41) is 33.5. The number of hydrogen-bond donors (Lipinski definition) is 4. The van der Waals surface area contributed by atoms with Crippen LogP contribution in [-0.4, -0.2) is 102 Å². The summed E-state index contributed by atoms with van der Waals surface area (Å²) in [5.74, 6) is -9.79. The van der Waals surface area contributed by atoms with Crippen LogP contribution in [0.15, 0.2) is 12.1 Å². The molecule has 0 radical (unpaired) electrons. The number of hydrogen-bond acceptors (Lipinski definition) is 10. The Kier molecular flexibility index (Phi) is 6.14. The molecular formula is C25H31N3O8. The molecule has 1 aromatic carbocycles. The number of Topliss-reactive ketones (excluding diaryl/α,β-unsaturated/α-hetero) is 3. The summed E-state index contributed by atoms with van der Waals surface area (Å²) < 4.78 is 5.36. The molecule has 36 heavy (non-hydrogen) atoms. The van der Waals surface area contributed by atoms with Crippen molar-refractivity contribution in [2.75, 3.05) is 45.3 Å². The molecule has 5 rings (SSSR count). The number of aromatic hydroxyl groups is 1. The van der Waals surface area contributed by atoms with Gasteiger partial charge in [0.2, 0.25) is 5.91 Å². The Balaban J connectivity index is 1.58. The molecule has 11 heteroatoms. The first-order chi connectivity index (χ1) is 17.1. The van der Waals surface area contributed by atoms with Crippen molar-refractivity contribution in [3.8, 4) is 5.75 Å². The number of ether oxygens (including phenoxy) is 1. The highest BCUT2D eigenvalue weighted by Crippen LogP contribution is 2.50. The zero-order valence-electron chi connectivity index (χ0n) is 20.2. The van der Waals surface area contributed by atoms with Crippen molar-refractivity contribution in [3.05, 3.63) is 23.3 Å². The second-order valence-corrected chi connectivity index (χ2v) is 10.5. The van der Waals surface area contributed by atoms with Crippen molar-refractivity contribution in [3.63, 3.8) is 0 Å². The van der Waals surface area contributed by atoms with Crippen LogP contribution in [0, 0.1) is 29.6 Å². The highest BCUT2D eigenvalue weighted by atomic mass is 16.5. The molecule has 1 heterocycles. The molecule has 4 aliphatic rings. The molecule has 1 aliphatic heterocycles. The summed E-state index contributed by atoms with van der Waals surface area (Å²) in [4.78, 5) is 56.4. The van der Waals surface area contributed by atoms with Crippen LogP contribution >= 0.6 is 0 Å². The number of phenolic OH excluding ortho intramolecular Hbond substituents is 1. The van der Waals surface area contributed by atoms with Crippen LogP contribution in [0.25, 0.3) is 0 Å². The molecule has 3 aliphatic carbocycles. The van der Waals surface area contributed by atoms with E-state index in [0.29, 0.717) is 37.6 Å². The van der Waals surface area contributed by atoms with E-state index in [4.69, 9.17) is 10.5 Å². The third kappa shape index (κ3) is 3.48. The van der Waals surface area contributed by atoms with Crippen molar-refractivity contribution < 1.29 is 39.2 Å². The molecule has 3 fully saturated rings. The van der Waals surface area contributed by atoms with Crippen molar-refractivity contribution >= 4 is 28.9 Å². The minimum absolute atomic E-state index is 0.0261. The van der Waals surface area contributed by atoms with Gasteiger partial charge >= 0.3 is 0 Å². The first-order valence-corrected chi connectivity index (χ1v) is 12.2. The van der Waals surface area contributed by atoms with Crippen LogP contribution < -0.4 is 10.6 Å². The number of ketones is 3. The second-order valence-electron chi connectivity index (χ2n) is 10.5. The number of nitrogens with zero attached hydrogens (tertiary/aromatic N) is 2. The minimum Gasteiger partial charge on any atom is -0.505 e. The molecule has 11 nitrogen and oxygen atoms in total. The zero-order valence-corrected chi connectivity index (χ0v) is 20.2. The summed E-state index contributed by atoms with van der Waals surface area (Å²) in [7, 11) is 3.24. The van der Waals surface area contributed by atoms with Crippen LogP contribution in [0.4, 0.5) is 5.69 Å². The minimum atomic E-state index is -1.63. The van der Waals surface area contributed by atoms with Crippen LogP contribution in [-0.2, 0) is 25.5 Å². The number of amides is 1.